The van der Waals surface area contributed by atoms with Crippen LogP contribution in [0.1, 0.15) is 25.6 Å². The number of nitrogens with one attached hydrogen (secondary N) is 1. The number of carboxylic acids is 1. The Kier molecular flexibility index (Phi) is 4.47. The highest BCUT2D eigenvalue weighted by Crippen LogP contribution is 2.29. The predicted octanol–water partition coefficient (Wildman–Crippen LogP) is 4.42. The van der Waals surface area contributed by atoms with Gasteiger partial charge in [0.1, 0.15) is 4.88 Å². The van der Waals surface area contributed by atoms with Gasteiger partial charge >= 0.3 is 5.97 Å². The van der Waals surface area contributed by atoms with E-state index in [0.717, 1.165) is 5.56 Å². The van der Waals surface area contributed by atoms with E-state index in [-0.39, 0.29) is 11.5 Å². The zero-order chi connectivity index (χ0) is 14.9. The van der Waals surface area contributed by atoms with Gasteiger partial charge in [0.05, 0.1) is 16.3 Å². The Morgan fingerprint density at radius 2 is 2.10 bits per heavy atom. The van der Waals surface area contributed by atoms with Gasteiger partial charge in [0, 0.05) is 4.47 Å². The van der Waals surface area contributed by atoms with Crippen LogP contribution in [0.25, 0.3) is 0 Å². The minimum atomic E-state index is -1.03. The highest BCUT2D eigenvalue weighted by molar-refractivity contribution is 9.10. The lowest BCUT2D eigenvalue weighted by Gasteiger charge is -2.07. The van der Waals surface area contributed by atoms with E-state index in [9.17, 15) is 9.59 Å². The van der Waals surface area contributed by atoms with E-state index >= 15 is 0 Å². The van der Waals surface area contributed by atoms with Gasteiger partial charge in [-0.15, -0.1) is 11.3 Å². The number of aryl methyl sites for hydroxylation is 1. The van der Waals surface area contributed by atoms with Crippen molar-refractivity contribution in [2.45, 2.75) is 6.92 Å². The first-order valence-electron chi connectivity index (χ1n) is 5.48. The maximum absolute atomic E-state index is 12.1. The van der Waals surface area contributed by atoms with Gasteiger partial charge < -0.3 is 10.4 Å². The normalized spacial score (nSPS) is 10.3. The summed E-state index contributed by atoms with van der Waals surface area (Å²) >= 11 is 10.5. The zero-order valence-corrected chi connectivity index (χ0v) is 13.4. The van der Waals surface area contributed by atoms with Crippen LogP contribution >= 0.6 is 38.9 Å². The summed E-state index contributed by atoms with van der Waals surface area (Å²) < 4.78 is 0.496. The second-order valence-corrected chi connectivity index (χ2v) is 6.13. The summed E-state index contributed by atoms with van der Waals surface area (Å²) in [6.07, 6.45) is 0. The Hall–Kier alpha value is -1.37. The number of thiophene rings is 1. The van der Waals surface area contributed by atoms with Crippen LogP contribution in [0.3, 0.4) is 0 Å². The Labute approximate surface area is 132 Å². The smallest absolute Gasteiger partial charge is 0.335 e. The van der Waals surface area contributed by atoms with Crippen LogP contribution < -0.4 is 5.32 Å². The summed E-state index contributed by atoms with van der Waals surface area (Å²) in [5, 5.41) is 13.8. The number of hydrogen-bond donors (Lipinski definition) is 2. The van der Waals surface area contributed by atoms with E-state index in [4.69, 9.17) is 16.7 Å². The Morgan fingerprint density at radius 1 is 1.40 bits per heavy atom. The fourth-order valence-electron chi connectivity index (χ4n) is 1.51. The van der Waals surface area contributed by atoms with Crippen molar-refractivity contribution in [3.63, 3.8) is 0 Å². The average Bonchev–Trinajstić information content (AvgIpc) is 2.72. The molecule has 0 fully saturated rings. The molecule has 0 atom stereocenters. The molecule has 0 aliphatic carbocycles. The van der Waals surface area contributed by atoms with E-state index in [2.05, 4.69) is 21.2 Å². The van der Waals surface area contributed by atoms with E-state index in [1.807, 2.05) is 6.92 Å². The van der Waals surface area contributed by atoms with Gasteiger partial charge in [0.25, 0.3) is 5.91 Å². The van der Waals surface area contributed by atoms with Crippen molar-refractivity contribution in [1.82, 2.24) is 0 Å². The third-order valence-electron chi connectivity index (χ3n) is 2.57. The molecule has 0 unspecified atom stereocenters. The number of anilines is 1. The summed E-state index contributed by atoms with van der Waals surface area (Å²) in [6.45, 7) is 1.83. The third-order valence-corrected chi connectivity index (χ3v) is 4.92. The molecule has 7 heteroatoms. The highest BCUT2D eigenvalue weighted by atomic mass is 79.9. The van der Waals surface area contributed by atoms with E-state index in [1.165, 1.54) is 29.5 Å². The number of carboxylic acid groups (broad SMARTS) is 1. The monoisotopic (exact) mass is 373 g/mol. The summed E-state index contributed by atoms with van der Waals surface area (Å²) in [5.41, 5.74) is 1.48. The van der Waals surface area contributed by atoms with E-state index < -0.39 is 5.97 Å². The third kappa shape index (κ3) is 3.03. The lowest BCUT2D eigenvalue weighted by atomic mass is 10.2. The SMILES string of the molecule is Cc1csc(C(=O)Nc2ccc(C(=O)O)cc2Br)c1Cl. The summed E-state index contributed by atoms with van der Waals surface area (Å²) in [5.74, 6) is -1.35. The number of hydrogen-bond acceptors (Lipinski definition) is 3. The second-order valence-electron chi connectivity index (χ2n) is 4.02. The van der Waals surface area contributed by atoms with Crippen LogP contribution in [-0.2, 0) is 0 Å². The molecule has 2 N–H and O–H groups in total. The molecule has 2 aromatic rings. The maximum Gasteiger partial charge on any atom is 0.335 e. The highest BCUT2D eigenvalue weighted by Gasteiger charge is 2.16. The van der Waals surface area contributed by atoms with Gasteiger partial charge in [-0.3, -0.25) is 4.79 Å². The summed E-state index contributed by atoms with van der Waals surface area (Å²) in [7, 11) is 0. The molecule has 1 heterocycles. The molecule has 0 spiro atoms. The van der Waals surface area contributed by atoms with Crippen molar-refractivity contribution in [3.05, 3.63) is 49.1 Å². The molecule has 1 aromatic heterocycles. The minimum absolute atomic E-state index is 0.139. The van der Waals surface area contributed by atoms with Crippen molar-refractivity contribution >= 4 is 56.4 Å². The fourth-order valence-corrected chi connectivity index (χ4v) is 3.16. The Morgan fingerprint density at radius 3 is 2.60 bits per heavy atom. The average molecular weight is 375 g/mol. The largest absolute Gasteiger partial charge is 0.478 e. The number of amides is 1. The number of carbonyl (C=O) groups is 2. The summed E-state index contributed by atoms with van der Waals surface area (Å²) in [6, 6.07) is 4.38. The second kappa shape index (κ2) is 5.95. The minimum Gasteiger partial charge on any atom is -0.478 e. The van der Waals surface area contributed by atoms with E-state index in [0.29, 0.717) is 20.1 Å². The molecule has 0 bridgehead atoms. The van der Waals surface area contributed by atoms with Crippen LogP contribution in [0.4, 0.5) is 5.69 Å². The number of halogens is 2. The zero-order valence-electron chi connectivity index (χ0n) is 10.2. The topological polar surface area (TPSA) is 66.4 Å². The first-order valence-corrected chi connectivity index (χ1v) is 7.53. The molecule has 2 rings (SSSR count). The Bertz CT molecular complexity index is 699. The van der Waals surface area contributed by atoms with Gasteiger partial charge in [-0.2, -0.15) is 0 Å². The van der Waals surface area contributed by atoms with Crippen LogP contribution in [0.15, 0.2) is 28.1 Å². The lowest BCUT2D eigenvalue weighted by molar-refractivity contribution is 0.0696. The van der Waals surface area contributed by atoms with Gasteiger partial charge in [0.15, 0.2) is 0 Å². The van der Waals surface area contributed by atoms with Gasteiger partial charge in [-0.05, 0) is 52.0 Å². The first-order chi connectivity index (χ1) is 9.40. The molecule has 0 aliphatic heterocycles. The molecule has 20 heavy (non-hydrogen) atoms. The molecule has 0 saturated heterocycles. The lowest BCUT2D eigenvalue weighted by Crippen LogP contribution is -2.11. The molecular weight excluding hydrogens is 366 g/mol. The van der Waals surface area contributed by atoms with Gasteiger partial charge in [0.2, 0.25) is 0 Å². The Balaban J connectivity index is 2.24. The maximum atomic E-state index is 12.1. The molecule has 0 aliphatic rings. The van der Waals surface area contributed by atoms with Crippen LogP contribution in [0.5, 0.6) is 0 Å². The quantitative estimate of drug-likeness (QED) is 0.835. The van der Waals surface area contributed by atoms with Crippen molar-refractivity contribution in [1.29, 1.82) is 0 Å². The molecular formula is C13H9BrClNO3S. The van der Waals surface area contributed by atoms with Crippen LogP contribution in [-0.4, -0.2) is 17.0 Å². The summed E-state index contributed by atoms with van der Waals surface area (Å²) in [4.78, 5) is 23.4. The molecule has 1 aromatic carbocycles. The molecule has 1 amide bonds. The van der Waals surface area contributed by atoms with Crippen molar-refractivity contribution in [2.75, 3.05) is 5.32 Å². The van der Waals surface area contributed by atoms with Crippen LogP contribution in [0.2, 0.25) is 5.02 Å². The van der Waals surface area contributed by atoms with Crippen molar-refractivity contribution in [2.24, 2.45) is 0 Å². The molecule has 0 saturated carbocycles. The van der Waals surface area contributed by atoms with Gasteiger partial charge in [-0.25, -0.2) is 4.79 Å². The number of aromatic carboxylic acids is 1. The number of carbonyl (C=O) groups excluding carboxylic acids is 1. The number of rotatable bonds is 3. The molecule has 4 nitrogen and oxygen atoms in total. The standard InChI is InChI=1S/C13H9BrClNO3S/c1-6-5-20-11(10(6)15)12(17)16-9-3-2-7(13(18)19)4-8(9)14/h2-5H,1H3,(H,16,17)(H,18,19). The van der Waals surface area contributed by atoms with Gasteiger partial charge in [-0.1, -0.05) is 11.6 Å². The molecule has 0 radical (unpaired) electrons. The number of benzene rings is 1. The van der Waals surface area contributed by atoms with Crippen molar-refractivity contribution < 1.29 is 14.7 Å². The molecule has 104 valence electrons. The first kappa shape index (κ1) is 15.0. The predicted molar refractivity (Wildman–Crippen MR) is 83.1 cm³/mol. The van der Waals surface area contributed by atoms with E-state index in [1.54, 1.807) is 5.38 Å². The van der Waals surface area contributed by atoms with Crippen molar-refractivity contribution in [3.8, 4) is 0 Å². The van der Waals surface area contributed by atoms with Crippen LogP contribution in [0, 0.1) is 6.92 Å². The fraction of sp³-hybridized carbons (Fsp3) is 0.0769.